The maximum Gasteiger partial charge on any atom is 0.328 e. The molecule has 4 atom stereocenters. The molecule has 242 valence electrons. The molecule has 0 amide bonds. The summed E-state index contributed by atoms with van der Waals surface area (Å²) in [5.41, 5.74) is -0.539. The van der Waals surface area contributed by atoms with Gasteiger partial charge >= 0.3 is 11.7 Å². The monoisotopic (exact) mass is 632 g/mol. The Morgan fingerprint density at radius 1 is 0.848 bits per heavy atom. The molecule has 3 N–H and O–H groups in total. The summed E-state index contributed by atoms with van der Waals surface area (Å²) in [7, 11) is 4.39. The number of aryl methyl sites for hydroxylation is 1. The van der Waals surface area contributed by atoms with Gasteiger partial charge in [-0.3, -0.25) is 19.1 Å². The summed E-state index contributed by atoms with van der Waals surface area (Å²) >= 11 is 0. The summed E-state index contributed by atoms with van der Waals surface area (Å²) in [5.74, 6) is 0.762. The molecule has 1 fully saturated rings. The van der Waals surface area contributed by atoms with Crippen LogP contribution in [0.15, 0.2) is 94.6 Å². The minimum atomic E-state index is -1.52. The topological polar surface area (TPSA) is 159 Å². The molecular formula is C34H36N2O10. The average molecular weight is 633 g/mol. The van der Waals surface area contributed by atoms with Gasteiger partial charge in [-0.15, -0.1) is 0 Å². The molecular weight excluding hydrogens is 596 g/mol. The van der Waals surface area contributed by atoms with E-state index in [0.29, 0.717) is 11.5 Å². The first-order chi connectivity index (χ1) is 22.2. The van der Waals surface area contributed by atoms with Crippen LogP contribution in [-0.4, -0.2) is 72.0 Å². The normalized spacial score (nSPS) is 19.5. The lowest BCUT2D eigenvalue weighted by Gasteiger charge is -2.37. The third-order valence-corrected chi connectivity index (χ3v) is 8.13. The zero-order chi connectivity index (χ0) is 32.8. The van der Waals surface area contributed by atoms with Gasteiger partial charge in [0.25, 0.3) is 5.56 Å². The Morgan fingerprint density at radius 3 is 1.96 bits per heavy atom. The molecule has 1 aromatic heterocycles. The number of methoxy groups -OCH3 is 3. The Labute approximate surface area is 264 Å². The molecule has 0 saturated carbocycles. The molecule has 0 radical (unpaired) electrons. The fraction of sp³-hybridized carbons (Fsp3) is 0.324. The van der Waals surface area contributed by atoms with Crippen molar-refractivity contribution in [1.29, 1.82) is 0 Å². The minimum absolute atomic E-state index is 0.0729. The van der Waals surface area contributed by atoms with Crippen molar-refractivity contribution in [3.8, 4) is 11.5 Å². The highest BCUT2D eigenvalue weighted by Crippen LogP contribution is 2.43. The number of nitrogens with zero attached hydrogens (tertiary/aromatic N) is 1. The molecule has 2 heterocycles. The average Bonchev–Trinajstić information content (AvgIpc) is 3.37. The van der Waals surface area contributed by atoms with Gasteiger partial charge < -0.3 is 33.9 Å². The second kappa shape index (κ2) is 14.1. The zero-order valence-electron chi connectivity index (χ0n) is 25.6. The van der Waals surface area contributed by atoms with Crippen molar-refractivity contribution in [2.24, 2.45) is 0 Å². The molecule has 0 unspecified atom stereocenters. The van der Waals surface area contributed by atoms with Crippen molar-refractivity contribution in [3.05, 3.63) is 128 Å². The van der Waals surface area contributed by atoms with Crippen molar-refractivity contribution < 1.29 is 38.7 Å². The highest BCUT2D eigenvalue weighted by Gasteiger charge is 2.47. The Balaban J connectivity index is 1.51. The van der Waals surface area contributed by atoms with Crippen molar-refractivity contribution in [1.82, 2.24) is 9.55 Å². The molecule has 0 spiro atoms. The zero-order valence-corrected chi connectivity index (χ0v) is 25.6. The molecule has 0 aliphatic carbocycles. The van der Waals surface area contributed by atoms with Crippen molar-refractivity contribution >= 4 is 5.97 Å². The van der Waals surface area contributed by atoms with Gasteiger partial charge in [-0.2, -0.15) is 0 Å². The fourth-order valence-electron chi connectivity index (χ4n) is 5.63. The SMILES string of the molecule is COC(=O)CCn1cc([C@@H]2O[C@H](COC(c3ccccc3)(c3ccc(OC)cc3)c3ccc(OC)cc3)[C@@H](O)[C@H]2O)c(=O)[nH]c1=O. The smallest absolute Gasteiger partial charge is 0.328 e. The molecule has 0 bridgehead atoms. The maximum atomic E-state index is 12.8. The lowest BCUT2D eigenvalue weighted by Crippen LogP contribution is -2.39. The summed E-state index contributed by atoms with van der Waals surface area (Å²) in [6.45, 7) is -0.280. The van der Waals surface area contributed by atoms with Crippen molar-refractivity contribution in [2.75, 3.05) is 27.9 Å². The second-order valence-corrected chi connectivity index (χ2v) is 10.8. The largest absolute Gasteiger partial charge is 0.497 e. The van der Waals surface area contributed by atoms with E-state index < -0.39 is 47.2 Å². The first-order valence-electron chi connectivity index (χ1n) is 14.6. The van der Waals surface area contributed by atoms with E-state index in [0.717, 1.165) is 21.3 Å². The molecule has 12 nitrogen and oxygen atoms in total. The molecule has 1 aliphatic rings. The van der Waals surface area contributed by atoms with Crippen LogP contribution in [-0.2, 0) is 31.2 Å². The predicted molar refractivity (Wildman–Crippen MR) is 166 cm³/mol. The number of esters is 1. The first kappa shape index (κ1) is 32.6. The number of hydrogen-bond donors (Lipinski definition) is 3. The molecule has 5 rings (SSSR count). The Kier molecular flexibility index (Phi) is 10.0. The summed E-state index contributed by atoms with van der Waals surface area (Å²) < 4.78 is 29.4. The van der Waals surface area contributed by atoms with Crippen LogP contribution in [0.4, 0.5) is 0 Å². The molecule has 12 heteroatoms. The second-order valence-electron chi connectivity index (χ2n) is 10.8. The van der Waals surface area contributed by atoms with Crippen LogP contribution in [0.5, 0.6) is 11.5 Å². The van der Waals surface area contributed by atoms with Crippen LogP contribution in [0.3, 0.4) is 0 Å². The highest BCUT2D eigenvalue weighted by molar-refractivity contribution is 5.69. The van der Waals surface area contributed by atoms with Gasteiger partial charge in [0.2, 0.25) is 0 Å². The van der Waals surface area contributed by atoms with Crippen molar-refractivity contribution in [3.63, 3.8) is 0 Å². The number of nitrogens with one attached hydrogen (secondary N) is 1. The number of ether oxygens (including phenoxy) is 5. The van der Waals surface area contributed by atoms with Gasteiger partial charge in [0, 0.05) is 12.7 Å². The first-order valence-corrected chi connectivity index (χ1v) is 14.6. The summed E-state index contributed by atoms with van der Waals surface area (Å²) in [6, 6.07) is 24.4. The lowest BCUT2D eigenvalue weighted by molar-refractivity contribution is -0.140. The number of aliphatic hydroxyl groups excluding tert-OH is 2. The summed E-state index contributed by atoms with van der Waals surface area (Å²) in [4.78, 5) is 39.0. The standard InChI is InChI=1S/C34H36N2O10/c1-42-24-13-9-22(10-14-24)34(21-7-5-4-6-8-21,23-11-15-25(43-2)16-12-23)45-20-27-29(38)30(39)31(46-27)26-19-36(18-17-28(37)44-3)33(41)35-32(26)40/h4-16,19,27,29-31,38-39H,17-18,20H2,1-3H3,(H,35,40,41)/t27-,29-,30-,31+/m1/s1. The third-order valence-electron chi connectivity index (χ3n) is 8.13. The number of aromatic amines is 1. The number of hydrogen-bond acceptors (Lipinski definition) is 10. The van der Waals surface area contributed by atoms with Crippen LogP contribution in [0.2, 0.25) is 0 Å². The van der Waals surface area contributed by atoms with E-state index in [1.54, 1.807) is 14.2 Å². The number of carbonyl (C=O) groups is 1. The van der Waals surface area contributed by atoms with E-state index in [2.05, 4.69) is 9.72 Å². The molecule has 4 aromatic rings. The van der Waals surface area contributed by atoms with Crippen LogP contribution in [0.1, 0.15) is 34.8 Å². The predicted octanol–water partition coefficient (Wildman–Crippen LogP) is 2.29. The number of aromatic nitrogens is 2. The van der Waals surface area contributed by atoms with Crippen LogP contribution in [0, 0.1) is 0 Å². The number of rotatable bonds is 12. The van der Waals surface area contributed by atoms with Gasteiger partial charge in [0.15, 0.2) is 0 Å². The van der Waals surface area contributed by atoms with E-state index in [-0.39, 0.29) is 25.1 Å². The highest BCUT2D eigenvalue weighted by atomic mass is 16.6. The molecule has 46 heavy (non-hydrogen) atoms. The quantitative estimate of drug-likeness (QED) is 0.156. The minimum Gasteiger partial charge on any atom is -0.497 e. The number of H-pyrrole nitrogens is 1. The van der Waals surface area contributed by atoms with E-state index in [1.165, 1.54) is 13.3 Å². The maximum absolute atomic E-state index is 12.8. The number of benzene rings is 3. The van der Waals surface area contributed by atoms with Gasteiger partial charge in [0.1, 0.15) is 41.5 Å². The molecule has 3 aromatic carbocycles. The Morgan fingerprint density at radius 2 is 1.41 bits per heavy atom. The Bertz CT molecular complexity index is 1690. The van der Waals surface area contributed by atoms with E-state index in [1.807, 2.05) is 78.9 Å². The lowest BCUT2D eigenvalue weighted by atomic mass is 9.80. The third kappa shape index (κ3) is 6.46. The van der Waals surface area contributed by atoms with Crippen LogP contribution in [0.25, 0.3) is 0 Å². The van der Waals surface area contributed by atoms with Gasteiger partial charge in [-0.05, 0) is 41.0 Å². The fourth-order valence-corrected chi connectivity index (χ4v) is 5.63. The van der Waals surface area contributed by atoms with E-state index >= 15 is 0 Å². The van der Waals surface area contributed by atoms with Crippen molar-refractivity contribution in [2.45, 2.75) is 43.0 Å². The van der Waals surface area contributed by atoms with Gasteiger partial charge in [0.05, 0.1) is 39.9 Å². The van der Waals surface area contributed by atoms with Crippen LogP contribution >= 0.6 is 0 Å². The summed E-state index contributed by atoms with van der Waals surface area (Å²) in [6.07, 6.45) is -4.22. The van der Waals surface area contributed by atoms with Crippen LogP contribution < -0.4 is 20.7 Å². The number of aliphatic hydroxyl groups is 2. The van der Waals surface area contributed by atoms with E-state index in [4.69, 9.17) is 18.9 Å². The molecule has 1 aliphatic heterocycles. The number of carbonyl (C=O) groups excluding carboxylic acids is 1. The van der Waals surface area contributed by atoms with Gasteiger partial charge in [-0.25, -0.2) is 4.79 Å². The van der Waals surface area contributed by atoms with Gasteiger partial charge in [-0.1, -0.05) is 54.6 Å². The van der Waals surface area contributed by atoms with E-state index in [9.17, 15) is 24.6 Å². The Hall–Kier alpha value is -4.75. The molecule has 1 saturated heterocycles. The summed E-state index contributed by atoms with van der Waals surface area (Å²) in [5, 5.41) is 22.2.